The first-order valence-electron chi connectivity index (χ1n) is 7.66. The standard InChI is InChI=1S/C15H19N5O4S/c1-16-14(21)11-6-4-5-10(7-11)13-17-15(24-18-13)12-8-20(9-12)25(22,23)19(2)3/h4-7,12H,8-9H2,1-3H3,(H,16,21). The van der Waals surface area contributed by atoms with Crippen LogP contribution in [0, 0.1) is 0 Å². The van der Waals surface area contributed by atoms with Crippen LogP contribution in [0.25, 0.3) is 11.4 Å². The van der Waals surface area contributed by atoms with Gasteiger partial charge in [0, 0.05) is 45.4 Å². The van der Waals surface area contributed by atoms with E-state index < -0.39 is 10.2 Å². The van der Waals surface area contributed by atoms with Gasteiger partial charge in [0.1, 0.15) is 0 Å². The molecule has 1 amide bonds. The van der Waals surface area contributed by atoms with Crippen LogP contribution in [0.4, 0.5) is 0 Å². The van der Waals surface area contributed by atoms with E-state index >= 15 is 0 Å². The van der Waals surface area contributed by atoms with Gasteiger partial charge in [0.2, 0.25) is 11.7 Å². The van der Waals surface area contributed by atoms with Gasteiger partial charge in [-0.25, -0.2) is 0 Å². The molecular formula is C15H19N5O4S. The molecule has 9 nitrogen and oxygen atoms in total. The molecule has 3 rings (SSSR count). The molecule has 0 spiro atoms. The van der Waals surface area contributed by atoms with E-state index in [9.17, 15) is 13.2 Å². The van der Waals surface area contributed by atoms with Crippen molar-refractivity contribution in [2.24, 2.45) is 0 Å². The Morgan fingerprint density at radius 3 is 2.72 bits per heavy atom. The zero-order chi connectivity index (χ0) is 18.2. The lowest BCUT2D eigenvalue weighted by Gasteiger charge is -2.37. The normalized spacial score (nSPS) is 16.0. The van der Waals surface area contributed by atoms with Crippen LogP contribution in [0.15, 0.2) is 28.8 Å². The molecule has 0 radical (unpaired) electrons. The van der Waals surface area contributed by atoms with Crippen LogP contribution in [0.2, 0.25) is 0 Å². The average molecular weight is 365 g/mol. The van der Waals surface area contributed by atoms with Gasteiger partial charge in [0.05, 0.1) is 5.92 Å². The lowest BCUT2D eigenvalue weighted by molar-refractivity contribution is 0.0963. The third-order valence-electron chi connectivity index (χ3n) is 4.04. The summed E-state index contributed by atoms with van der Waals surface area (Å²) in [4.78, 5) is 16.1. The molecule has 0 atom stereocenters. The summed E-state index contributed by atoms with van der Waals surface area (Å²) in [6, 6.07) is 6.89. The van der Waals surface area contributed by atoms with Crippen LogP contribution in [0.5, 0.6) is 0 Å². The van der Waals surface area contributed by atoms with Crippen LogP contribution in [0.3, 0.4) is 0 Å². The predicted molar refractivity (Wildman–Crippen MR) is 90.0 cm³/mol. The quantitative estimate of drug-likeness (QED) is 0.816. The van der Waals surface area contributed by atoms with Crippen molar-refractivity contribution in [3.05, 3.63) is 35.7 Å². The Hall–Kier alpha value is -2.30. The molecule has 2 aromatic rings. The van der Waals surface area contributed by atoms with Crippen LogP contribution >= 0.6 is 0 Å². The maximum Gasteiger partial charge on any atom is 0.281 e. The predicted octanol–water partition coefficient (Wildman–Crippen LogP) is 0.302. The van der Waals surface area contributed by atoms with Gasteiger partial charge in [0.25, 0.3) is 16.1 Å². The molecule has 0 bridgehead atoms. The highest BCUT2D eigenvalue weighted by Gasteiger charge is 2.40. The monoisotopic (exact) mass is 365 g/mol. The highest BCUT2D eigenvalue weighted by Crippen LogP contribution is 2.30. The lowest BCUT2D eigenvalue weighted by Crippen LogP contribution is -2.52. The lowest BCUT2D eigenvalue weighted by atomic mass is 10.0. The first-order valence-corrected chi connectivity index (χ1v) is 9.06. The number of aromatic nitrogens is 2. The summed E-state index contributed by atoms with van der Waals surface area (Å²) in [6.45, 7) is 0.612. The topological polar surface area (TPSA) is 109 Å². The van der Waals surface area contributed by atoms with E-state index in [1.54, 1.807) is 31.3 Å². The van der Waals surface area contributed by atoms with Gasteiger partial charge in [-0.3, -0.25) is 4.79 Å². The third-order valence-corrected chi connectivity index (χ3v) is 5.91. The Balaban J connectivity index is 1.74. The SMILES string of the molecule is CNC(=O)c1cccc(-c2noc(C3CN(S(=O)(=O)N(C)C)C3)n2)c1. The molecule has 2 heterocycles. The molecule has 0 saturated carbocycles. The number of nitrogens with one attached hydrogen (secondary N) is 1. The number of hydrogen-bond acceptors (Lipinski definition) is 6. The summed E-state index contributed by atoms with van der Waals surface area (Å²) >= 11 is 0. The molecule has 10 heteroatoms. The molecule has 1 aliphatic rings. The second kappa shape index (κ2) is 6.54. The molecule has 134 valence electrons. The minimum Gasteiger partial charge on any atom is -0.355 e. The van der Waals surface area contributed by atoms with E-state index in [0.29, 0.717) is 35.9 Å². The zero-order valence-corrected chi connectivity index (χ0v) is 14.9. The van der Waals surface area contributed by atoms with Crippen molar-refractivity contribution in [3.63, 3.8) is 0 Å². The fraction of sp³-hybridized carbons (Fsp3) is 0.400. The third kappa shape index (κ3) is 3.28. The van der Waals surface area contributed by atoms with Crippen molar-refractivity contribution >= 4 is 16.1 Å². The van der Waals surface area contributed by atoms with Crippen molar-refractivity contribution < 1.29 is 17.7 Å². The van der Waals surface area contributed by atoms with Gasteiger partial charge in [-0.15, -0.1) is 0 Å². The fourth-order valence-electron chi connectivity index (χ4n) is 2.48. The van der Waals surface area contributed by atoms with Crippen molar-refractivity contribution in [2.45, 2.75) is 5.92 Å². The van der Waals surface area contributed by atoms with Crippen LogP contribution in [0.1, 0.15) is 22.2 Å². The summed E-state index contributed by atoms with van der Waals surface area (Å²) in [5, 5.41) is 6.50. The molecule has 1 saturated heterocycles. The molecule has 1 aromatic heterocycles. The van der Waals surface area contributed by atoms with Crippen molar-refractivity contribution in [3.8, 4) is 11.4 Å². The summed E-state index contributed by atoms with van der Waals surface area (Å²) in [5.74, 6) is 0.437. The number of amides is 1. The maximum absolute atomic E-state index is 12.0. The minimum absolute atomic E-state index is 0.127. The number of benzene rings is 1. The van der Waals surface area contributed by atoms with E-state index in [4.69, 9.17) is 4.52 Å². The molecule has 1 aromatic carbocycles. The Morgan fingerprint density at radius 2 is 2.08 bits per heavy atom. The summed E-state index contributed by atoms with van der Waals surface area (Å²) in [5.41, 5.74) is 1.16. The van der Waals surface area contributed by atoms with Crippen LogP contribution in [-0.4, -0.2) is 67.3 Å². The Labute approximate surface area is 145 Å². The van der Waals surface area contributed by atoms with Gasteiger partial charge >= 0.3 is 0 Å². The maximum atomic E-state index is 12.0. The summed E-state index contributed by atoms with van der Waals surface area (Å²) < 4.78 is 31.8. The van der Waals surface area contributed by atoms with E-state index in [1.807, 2.05) is 0 Å². The second-order valence-corrected chi connectivity index (χ2v) is 8.06. The largest absolute Gasteiger partial charge is 0.355 e. The summed E-state index contributed by atoms with van der Waals surface area (Å²) in [6.07, 6.45) is 0. The van der Waals surface area contributed by atoms with Gasteiger partial charge in [0.15, 0.2) is 0 Å². The van der Waals surface area contributed by atoms with Crippen LogP contribution < -0.4 is 5.32 Å². The number of carbonyl (C=O) groups is 1. The van der Waals surface area contributed by atoms with Crippen molar-refractivity contribution in [2.75, 3.05) is 34.2 Å². The first kappa shape index (κ1) is 17.5. The molecule has 0 unspecified atom stereocenters. The number of rotatable bonds is 5. The highest BCUT2D eigenvalue weighted by atomic mass is 32.2. The van der Waals surface area contributed by atoms with E-state index in [0.717, 1.165) is 0 Å². The number of nitrogens with zero attached hydrogens (tertiary/aromatic N) is 4. The molecule has 25 heavy (non-hydrogen) atoms. The van der Waals surface area contributed by atoms with Gasteiger partial charge < -0.3 is 9.84 Å². The van der Waals surface area contributed by atoms with E-state index in [-0.39, 0.29) is 11.8 Å². The first-order chi connectivity index (χ1) is 11.8. The van der Waals surface area contributed by atoms with E-state index in [2.05, 4.69) is 15.5 Å². The Kier molecular flexibility index (Phi) is 4.58. The number of carbonyl (C=O) groups excluding carboxylic acids is 1. The number of hydrogen-bond donors (Lipinski definition) is 1. The summed E-state index contributed by atoms with van der Waals surface area (Å²) in [7, 11) is 1.13. The molecule has 0 aliphatic carbocycles. The van der Waals surface area contributed by atoms with Gasteiger partial charge in [-0.2, -0.15) is 22.0 Å². The average Bonchev–Trinajstić information content (AvgIpc) is 3.02. The fourth-order valence-corrected chi connectivity index (χ4v) is 3.67. The second-order valence-electron chi connectivity index (χ2n) is 5.92. The van der Waals surface area contributed by atoms with E-state index in [1.165, 1.54) is 22.7 Å². The molecular weight excluding hydrogens is 346 g/mol. The van der Waals surface area contributed by atoms with Gasteiger partial charge in [-0.1, -0.05) is 17.3 Å². The van der Waals surface area contributed by atoms with Crippen LogP contribution in [-0.2, 0) is 10.2 Å². The smallest absolute Gasteiger partial charge is 0.281 e. The van der Waals surface area contributed by atoms with Crippen molar-refractivity contribution in [1.82, 2.24) is 24.1 Å². The molecule has 1 fully saturated rings. The highest BCUT2D eigenvalue weighted by molar-refractivity contribution is 7.86. The van der Waals surface area contributed by atoms with Crippen molar-refractivity contribution in [1.29, 1.82) is 0 Å². The minimum atomic E-state index is -3.41. The Bertz CT molecular complexity index is 887. The zero-order valence-electron chi connectivity index (χ0n) is 14.1. The molecule has 1 N–H and O–H groups in total. The van der Waals surface area contributed by atoms with Gasteiger partial charge in [-0.05, 0) is 12.1 Å². The Morgan fingerprint density at radius 1 is 1.36 bits per heavy atom. The molecule has 1 aliphatic heterocycles.